The van der Waals surface area contributed by atoms with Gasteiger partial charge in [0.25, 0.3) is 5.91 Å². The van der Waals surface area contributed by atoms with Crippen LogP contribution in [0, 0.1) is 0 Å². The molecule has 8 nitrogen and oxygen atoms in total. The number of aromatic nitrogens is 1. The van der Waals surface area contributed by atoms with Crippen LogP contribution in [0.5, 0.6) is 5.75 Å². The van der Waals surface area contributed by atoms with Gasteiger partial charge in [0.05, 0.1) is 11.8 Å². The van der Waals surface area contributed by atoms with E-state index in [9.17, 15) is 9.59 Å². The maximum Gasteiger partial charge on any atom is 0.335 e. The summed E-state index contributed by atoms with van der Waals surface area (Å²) in [6, 6.07) is 19.0. The van der Waals surface area contributed by atoms with Gasteiger partial charge in [-0.05, 0) is 36.4 Å². The highest BCUT2D eigenvalue weighted by molar-refractivity contribution is 5.89. The summed E-state index contributed by atoms with van der Waals surface area (Å²) in [5.41, 5.74) is 3.84. The zero-order chi connectivity index (χ0) is 21.6. The minimum atomic E-state index is -1.01. The highest BCUT2D eigenvalue weighted by Crippen LogP contribution is 2.23. The summed E-state index contributed by atoms with van der Waals surface area (Å²) in [5, 5.41) is 13.9. The first-order valence-electron chi connectivity index (χ1n) is 9.32. The third kappa shape index (κ3) is 4.76. The quantitative estimate of drug-likeness (QED) is 0.351. The van der Waals surface area contributed by atoms with E-state index in [-0.39, 0.29) is 12.2 Å². The molecule has 2 aromatic heterocycles. The van der Waals surface area contributed by atoms with Gasteiger partial charge in [-0.25, -0.2) is 10.2 Å². The Kier molecular flexibility index (Phi) is 5.70. The molecule has 154 valence electrons. The minimum Gasteiger partial charge on any atom is -0.481 e. The fraction of sp³-hybridized carbons (Fsp3) is 0.0435. The number of amides is 1. The van der Waals surface area contributed by atoms with Crippen molar-refractivity contribution in [2.45, 2.75) is 0 Å². The molecule has 1 amide bonds. The van der Waals surface area contributed by atoms with Crippen LogP contribution in [-0.4, -0.2) is 34.8 Å². The molecule has 0 fully saturated rings. The average molecular weight is 415 g/mol. The van der Waals surface area contributed by atoms with E-state index in [0.29, 0.717) is 28.4 Å². The molecule has 0 saturated carbocycles. The van der Waals surface area contributed by atoms with E-state index in [0.717, 1.165) is 5.39 Å². The van der Waals surface area contributed by atoms with Crippen molar-refractivity contribution in [2.75, 3.05) is 6.61 Å². The molecule has 0 saturated heterocycles. The maximum atomic E-state index is 12.0. The number of fused-ring (bicyclic) bond motifs is 1. The minimum absolute atomic E-state index is 0.165. The Labute approximate surface area is 176 Å². The Balaban J connectivity index is 1.34. The summed E-state index contributed by atoms with van der Waals surface area (Å²) < 4.78 is 11.2. The summed E-state index contributed by atoms with van der Waals surface area (Å²) in [7, 11) is 0. The van der Waals surface area contributed by atoms with Gasteiger partial charge in [-0.1, -0.05) is 30.3 Å². The monoisotopic (exact) mass is 415 g/mol. The van der Waals surface area contributed by atoms with Crippen molar-refractivity contribution < 1.29 is 23.8 Å². The number of benzene rings is 2. The first-order valence-corrected chi connectivity index (χ1v) is 9.32. The zero-order valence-corrected chi connectivity index (χ0v) is 16.2. The number of carbonyl (C=O) groups is 2. The second kappa shape index (κ2) is 8.91. The molecule has 2 aromatic carbocycles. The average Bonchev–Trinajstić information content (AvgIpc) is 3.27. The van der Waals surface area contributed by atoms with E-state index >= 15 is 0 Å². The molecule has 2 N–H and O–H groups in total. The number of carboxylic acids is 1. The fourth-order valence-corrected chi connectivity index (χ4v) is 2.92. The normalized spacial score (nSPS) is 11.0. The lowest BCUT2D eigenvalue weighted by Gasteiger charge is -2.07. The van der Waals surface area contributed by atoms with Gasteiger partial charge in [-0.3, -0.25) is 9.78 Å². The third-order valence-corrected chi connectivity index (χ3v) is 4.36. The number of carboxylic acid groups (broad SMARTS) is 1. The van der Waals surface area contributed by atoms with Crippen LogP contribution in [0.2, 0.25) is 0 Å². The number of para-hydroxylation sites is 1. The van der Waals surface area contributed by atoms with Crippen LogP contribution in [0.3, 0.4) is 0 Å². The number of aromatic carboxylic acids is 1. The third-order valence-electron chi connectivity index (χ3n) is 4.36. The van der Waals surface area contributed by atoms with Crippen LogP contribution >= 0.6 is 0 Å². The largest absolute Gasteiger partial charge is 0.481 e. The molecule has 0 aliphatic rings. The summed E-state index contributed by atoms with van der Waals surface area (Å²) in [6.07, 6.45) is 3.01. The molecule has 8 heteroatoms. The Hall–Kier alpha value is -4.46. The maximum absolute atomic E-state index is 12.0. The number of ether oxygens (including phenoxy) is 1. The van der Waals surface area contributed by atoms with E-state index < -0.39 is 11.9 Å². The lowest BCUT2D eigenvalue weighted by atomic mass is 10.1. The number of hydrogen-bond acceptors (Lipinski definition) is 6. The Morgan fingerprint density at radius 2 is 1.94 bits per heavy atom. The van der Waals surface area contributed by atoms with E-state index in [1.54, 1.807) is 36.5 Å². The number of hydrogen-bond donors (Lipinski definition) is 2. The number of pyridine rings is 1. The van der Waals surface area contributed by atoms with Gasteiger partial charge < -0.3 is 14.3 Å². The summed E-state index contributed by atoms with van der Waals surface area (Å²) in [5.74, 6) is -0.0566. The number of carbonyl (C=O) groups excluding carboxylic acids is 1. The van der Waals surface area contributed by atoms with Crippen molar-refractivity contribution in [3.05, 3.63) is 84.3 Å². The van der Waals surface area contributed by atoms with Gasteiger partial charge in [-0.15, -0.1) is 0 Å². The second-order valence-electron chi connectivity index (χ2n) is 6.50. The fourth-order valence-electron chi connectivity index (χ4n) is 2.92. The number of nitrogens with zero attached hydrogens (tertiary/aromatic N) is 2. The number of nitrogens with one attached hydrogen (secondary N) is 1. The summed E-state index contributed by atoms with van der Waals surface area (Å²) in [6.45, 7) is -0.224. The van der Waals surface area contributed by atoms with Crippen molar-refractivity contribution in [1.82, 2.24) is 10.4 Å². The van der Waals surface area contributed by atoms with Crippen molar-refractivity contribution in [1.29, 1.82) is 0 Å². The highest BCUT2D eigenvalue weighted by Gasteiger charge is 2.09. The molecule has 0 radical (unpaired) electrons. The lowest BCUT2D eigenvalue weighted by Crippen LogP contribution is -2.24. The van der Waals surface area contributed by atoms with Gasteiger partial charge in [0.15, 0.2) is 6.61 Å². The standard InChI is InChI=1S/C23H17N3O5/c27-21(14-30-20-8-2-4-15-7-3-11-24-22(15)20)26-25-13-18-9-10-19(31-18)16-5-1-6-17(12-16)23(28)29/h1-13H,14H2,(H,26,27)(H,28,29)/b25-13+. The number of hydrazone groups is 1. The van der Waals surface area contributed by atoms with Crippen molar-refractivity contribution in [3.8, 4) is 17.1 Å². The molecular weight excluding hydrogens is 398 g/mol. The first kappa shape index (κ1) is 19.8. The van der Waals surface area contributed by atoms with Gasteiger partial charge in [0.2, 0.25) is 0 Å². The Morgan fingerprint density at radius 3 is 2.81 bits per heavy atom. The van der Waals surface area contributed by atoms with E-state index in [1.807, 2.05) is 24.3 Å². The molecule has 0 atom stereocenters. The topological polar surface area (TPSA) is 114 Å². The van der Waals surface area contributed by atoms with Gasteiger partial charge in [0, 0.05) is 17.1 Å². The SMILES string of the molecule is O=C(COc1cccc2cccnc12)N/N=C/c1ccc(-c2cccc(C(=O)O)c2)o1. The lowest BCUT2D eigenvalue weighted by molar-refractivity contribution is -0.123. The van der Waals surface area contributed by atoms with Gasteiger partial charge in [-0.2, -0.15) is 5.10 Å². The van der Waals surface area contributed by atoms with Crippen LogP contribution in [-0.2, 0) is 4.79 Å². The van der Waals surface area contributed by atoms with Crippen molar-refractivity contribution in [3.63, 3.8) is 0 Å². The number of rotatable bonds is 7. The van der Waals surface area contributed by atoms with Crippen molar-refractivity contribution >= 4 is 29.0 Å². The van der Waals surface area contributed by atoms with Crippen LogP contribution in [0.25, 0.3) is 22.2 Å². The second-order valence-corrected chi connectivity index (χ2v) is 6.50. The van der Waals surface area contributed by atoms with Crippen molar-refractivity contribution in [2.24, 2.45) is 5.10 Å². The molecule has 0 spiro atoms. The predicted molar refractivity (Wildman–Crippen MR) is 114 cm³/mol. The van der Waals surface area contributed by atoms with Gasteiger partial charge >= 0.3 is 5.97 Å². The molecule has 4 rings (SSSR count). The first-order chi connectivity index (χ1) is 15.1. The molecule has 0 aliphatic heterocycles. The van der Waals surface area contributed by atoms with E-state index in [4.69, 9.17) is 14.3 Å². The Bertz CT molecular complexity index is 1270. The summed E-state index contributed by atoms with van der Waals surface area (Å²) >= 11 is 0. The highest BCUT2D eigenvalue weighted by atomic mass is 16.5. The predicted octanol–water partition coefficient (Wildman–Crippen LogP) is 3.72. The molecule has 0 aliphatic carbocycles. The van der Waals surface area contributed by atoms with Crippen LogP contribution in [0.1, 0.15) is 16.1 Å². The zero-order valence-electron chi connectivity index (χ0n) is 16.2. The summed E-state index contributed by atoms with van der Waals surface area (Å²) in [4.78, 5) is 27.4. The smallest absolute Gasteiger partial charge is 0.335 e. The molecular formula is C23H17N3O5. The molecule has 31 heavy (non-hydrogen) atoms. The van der Waals surface area contributed by atoms with Gasteiger partial charge in [0.1, 0.15) is 22.8 Å². The molecule has 0 bridgehead atoms. The van der Waals surface area contributed by atoms with E-state index in [2.05, 4.69) is 15.5 Å². The molecule has 0 unspecified atom stereocenters. The van der Waals surface area contributed by atoms with Crippen LogP contribution in [0.15, 0.2) is 82.4 Å². The molecule has 2 heterocycles. The van der Waals surface area contributed by atoms with Crippen LogP contribution < -0.4 is 10.2 Å². The Morgan fingerprint density at radius 1 is 1.10 bits per heavy atom. The van der Waals surface area contributed by atoms with Crippen LogP contribution in [0.4, 0.5) is 0 Å². The molecule has 4 aromatic rings. The van der Waals surface area contributed by atoms with E-state index in [1.165, 1.54) is 18.3 Å². The number of furan rings is 1.